The molecule has 2 heterocycles. The molecule has 0 unspecified atom stereocenters. The lowest BCUT2D eigenvalue weighted by Gasteiger charge is -1.99. The Morgan fingerprint density at radius 3 is 2.53 bits per heavy atom. The number of halogens is 2. The molecule has 0 amide bonds. The van der Waals surface area contributed by atoms with Crippen molar-refractivity contribution < 1.29 is 8.78 Å². The van der Waals surface area contributed by atoms with Gasteiger partial charge in [0.15, 0.2) is 23.3 Å². The Morgan fingerprint density at radius 2 is 1.79 bits per heavy atom. The van der Waals surface area contributed by atoms with E-state index in [0.29, 0.717) is 5.52 Å². The van der Waals surface area contributed by atoms with Crippen molar-refractivity contribution in [2.45, 2.75) is 0 Å². The Labute approximate surface area is 105 Å². The van der Waals surface area contributed by atoms with E-state index >= 15 is 0 Å². The molecule has 3 rings (SSSR count). The molecule has 0 aliphatic carbocycles. The number of aromatic nitrogens is 4. The molecule has 0 saturated heterocycles. The van der Waals surface area contributed by atoms with Gasteiger partial charge in [-0.3, -0.25) is 0 Å². The minimum absolute atomic E-state index is 0.0185. The zero-order chi connectivity index (χ0) is 13.6. The largest absolute Gasteiger partial charge is 0.380 e. The number of fused-ring (bicyclic) bond motifs is 1. The first-order valence-electron chi connectivity index (χ1n) is 5.29. The summed E-state index contributed by atoms with van der Waals surface area (Å²) in [7, 11) is 0. The summed E-state index contributed by atoms with van der Waals surface area (Å²) in [4.78, 5) is 6.84. The fourth-order valence-electron chi connectivity index (χ4n) is 1.76. The van der Waals surface area contributed by atoms with E-state index in [1.165, 1.54) is 12.1 Å². The van der Waals surface area contributed by atoms with Crippen LogP contribution in [0, 0.1) is 11.6 Å². The standard InChI is InChI=1S/C11H8F2N6/c12-5-3-1-2-4(6(5)13)11-16-7-8(17-11)10(15)19-18-9(7)14/h1-3H,(H2,14,18)(H2,15,19)(H,16,17). The minimum Gasteiger partial charge on any atom is -0.380 e. The van der Waals surface area contributed by atoms with Gasteiger partial charge in [-0.25, -0.2) is 13.8 Å². The van der Waals surface area contributed by atoms with E-state index in [2.05, 4.69) is 20.2 Å². The van der Waals surface area contributed by atoms with Crippen molar-refractivity contribution in [3.63, 3.8) is 0 Å². The summed E-state index contributed by atoms with van der Waals surface area (Å²) in [6, 6.07) is 3.79. The van der Waals surface area contributed by atoms with Crippen LogP contribution in [-0.2, 0) is 0 Å². The molecule has 0 atom stereocenters. The van der Waals surface area contributed by atoms with Crippen LogP contribution in [0.3, 0.4) is 0 Å². The number of nitrogens with two attached hydrogens (primary N) is 2. The normalized spacial score (nSPS) is 11.1. The van der Waals surface area contributed by atoms with E-state index in [4.69, 9.17) is 11.5 Å². The highest BCUT2D eigenvalue weighted by molar-refractivity contribution is 5.93. The molecule has 19 heavy (non-hydrogen) atoms. The molecular weight excluding hydrogens is 254 g/mol. The lowest BCUT2D eigenvalue weighted by Crippen LogP contribution is -1.99. The van der Waals surface area contributed by atoms with Crippen molar-refractivity contribution in [3.05, 3.63) is 29.8 Å². The van der Waals surface area contributed by atoms with E-state index in [0.717, 1.165) is 6.07 Å². The van der Waals surface area contributed by atoms with E-state index in [1.54, 1.807) is 0 Å². The highest BCUT2D eigenvalue weighted by Crippen LogP contribution is 2.27. The van der Waals surface area contributed by atoms with E-state index < -0.39 is 11.6 Å². The predicted octanol–water partition coefficient (Wildman–Crippen LogP) is 1.46. The summed E-state index contributed by atoms with van der Waals surface area (Å²) in [5.41, 5.74) is 11.8. The van der Waals surface area contributed by atoms with Crippen molar-refractivity contribution in [1.82, 2.24) is 20.2 Å². The number of benzene rings is 1. The van der Waals surface area contributed by atoms with E-state index in [9.17, 15) is 8.78 Å². The minimum atomic E-state index is -1.00. The smallest absolute Gasteiger partial charge is 0.174 e. The van der Waals surface area contributed by atoms with Gasteiger partial charge in [-0.1, -0.05) is 6.07 Å². The number of nitrogens with one attached hydrogen (secondary N) is 1. The van der Waals surface area contributed by atoms with Gasteiger partial charge < -0.3 is 16.5 Å². The molecule has 0 aliphatic heterocycles. The van der Waals surface area contributed by atoms with Crippen LogP contribution in [-0.4, -0.2) is 20.2 Å². The Morgan fingerprint density at radius 1 is 1.05 bits per heavy atom. The number of aromatic amines is 1. The van der Waals surface area contributed by atoms with Crippen LogP contribution in [0.5, 0.6) is 0 Å². The van der Waals surface area contributed by atoms with Gasteiger partial charge in [0.25, 0.3) is 0 Å². The van der Waals surface area contributed by atoms with Gasteiger partial charge in [0.1, 0.15) is 16.9 Å². The molecule has 2 aromatic heterocycles. The molecule has 0 spiro atoms. The predicted molar refractivity (Wildman–Crippen MR) is 65.9 cm³/mol. The quantitative estimate of drug-likeness (QED) is 0.615. The number of rotatable bonds is 1. The molecule has 0 fully saturated rings. The summed E-state index contributed by atoms with van der Waals surface area (Å²) < 4.78 is 26.9. The highest BCUT2D eigenvalue weighted by atomic mass is 19.2. The molecule has 5 N–H and O–H groups in total. The maximum Gasteiger partial charge on any atom is 0.174 e. The second-order valence-electron chi connectivity index (χ2n) is 3.88. The molecule has 3 aromatic rings. The van der Waals surface area contributed by atoms with E-state index in [1.807, 2.05) is 0 Å². The zero-order valence-electron chi connectivity index (χ0n) is 9.48. The van der Waals surface area contributed by atoms with Crippen molar-refractivity contribution in [2.24, 2.45) is 0 Å². The molecule has 0 aliphatic rings. The van der Waals surface area contributed by atoms with Crippen LogP contribution >= 0.6 is 0 Å². The van der Waals surface area contributed by atoms with Crippen LogP contribution in [0.15, 0.2) is 18.2 Å². The maximum atomic E-state index is 13.7. The second kappa shape index (κ2) is 3.87. The van der Waals surface area contributed by atoms with Crippen molar-refractivity contribution in [3.8, 4) is 11.4 Å². The van der Waals surface area contributed by atoms with Crippen LogP contribution in [0.25, 0.3) is 22.4 Å². The number of nitrogen functional groups attached to an aromatic ring is 2. The maximum absolute atomic E-state index is 13.7. The van der Waals surface area contributed by atoms with Gasteiger partial charge in [-0.05, 0) is 12.1 Å². The van der Waals surface area contributed by atoms with Crippen molar-refractivity contribution >= 4 is 22.7 Å². The third kappa shape index (κ3) is 1.65. The lowest BCUT2D eigenvalue weighted by molar-refractivity contribution is 0.510. The molecule has 0 bridgehead atoms. The second-order valence-corrected chi connectivity index (χ2v) is 3.88. The molecule has 96 valence electrons. The third-order valence-electron chi connectivity index (χ3n) is 2.67. The summed E-state index contributed by atoms with van der Waals surface area (Å²) >= 11 is 0. The van der Waals surface area contributed by atoms with Crippen LogP contribution in [0.4, 0.5) is 20.4 Å². The van der Waals surface area contributed by atoms with Gasteiger partial charge in [0.05, 0.1) is 5.56 Å². The Kier molecular flexibility index (Phi) is 2.31. The first-order chi connectivity index (χ1) is 9.08. The Balaban J connectivity index is 2.30. The van der Waals surface area contributed by atoms with Crippen LogP contribution in [0.1, 0.15) is 0 Å². The highest BCUT2D eigenvalue weighted by Gasteiger charge is 2.16. The SMILES string of the molecule is Nc1nnc(N)c2[nH]c(-c3cccc(F)c3F)nc12. The first-order valence-corrected chi connectivity index (χ1v) is 5.29. The van der Waals surface area contributed by atoms with Gasteiger partial charge in [-0.15, -0.1) is 10.2 Å². The third-order valence-corrected chi connectivity index (χ3v) is 2.67. The number of anilines is 2. The molecule has 1 aromatic carbocycles. The average molecular weight is 262 g/mol. The van der Waals surface area contributed by atoms with Crippen LogP contribution < -0.4 is 11.5 Å². The van der Waals surface area contributed by atoms with Gasteiger partial charge in [0.2, 0.25) is 0 Å². The average Bonchev–Trinajstić information content (AvgIpc) is 2.83. The molecule has 0 radical (unpaired) electrons. The summed E-state index contributed by atoms with van der Waals surface area (Å²) in [6.07, 6.45) is 0. The molecule has 6 nitrogen and oxygen atoms in total. The number of hydrogen-bond donors (Lipinski definition) is 3. The topological polar surface area (TPSA) is 106 Å². The summed E-state index contributed by atoms with van der Waals surface area (Å²) in [5.74, 6) is -1.71. The number of H-pyrrole nitrogens is 1. The fraction of sp³-hybridized carbons (Fsp3) is 0. The monoisotopic (exact) mass is 262 g/mol. The Bertz CT molecular complexity index is 743. The molecule has 0 saturated carbocycles. The van der Waals surface area contributed by atoms with Crippen molar-refractivity contribution in [2.75, 3.05) is 11.5 Å². The number of imidazole rings is 1. The van der Waals surface area contributed by atoms with Gasteiger partial charge in [-0.2, -0.15) is 0 Å². The first kappa shape index (κ1) is 11.3. The number of nitrogens with zero attached hydrogens (tertiary/aromatic N) is 3. The van der Waals surface area contributed by atoms with Gasteiger partial charge >= 0.3 is 0 Å². The summed E-state index contributed by atoms with van der Waals surface area (Å²) in [6.45, 7) is 0. The summed E-state index contributed by atoms with van der Waals surface area (Å²) in [5, 5.41) is 7.22. The Hall–Kier alpha value is -2.77. The molecule has 8 heteroatoms. The molecular formula is C11H8F2N6. The van der Waals surface area contributed by atoms with Crippen molar-refractivity contribution in [1.29, 1.82) is 0 Å². The zero-order valence-corrected chi connectivity index (χ0v) is 9.48. The fourth-order valence-corrected chi connectivity index (χ4v) is 1.76. The lowest BCUT2D eigenvalue weighted by atomic mass is 10.2. The van der Waals surface area contributed by atoms with Crippen LogP contribution in [0.2, 0.25) is 0 Å². The number of hydrogen-bond acceptors (Lipinski definition) is 5. The van der Waals surface area contributed by atoms with E-state index in [-0.39, 0.29) is 28.5 Å². The van der Waals surface area contributed by atoms with Gasteiger partial charge in [0, 0.05) is 0 Å².